The zero-order valence-corrected chi connectivity index (χ0v) is 18.3. The van der Waals surface area contributed by atoms with E-state index >= 15 is 0 Å². The van der Waals surface area contributed by atoms with E-state index in [-0.39, 0.29) is 18.1 Å². The summed E-state index contributed by atoms with van der Waals surface area (Å²) < 4.78 is 0. The molecule has 10 heteroatoms. The zero-order chi connectivity index (χ0) is 22.8. The first-order valence-corrected chi connectivity index (χ1v) is 10.3. The summed E-state index contributed by atoms with van der Waals surface area (Å²) in [5.74, 6) is -2.43. The number of hydrogen-bond donors (Lipinski definition) is 6. The first-order valence-electron chi connectivity index (χ1n) is 9.67. The SMILES string of the molecule is CC(C)[C@H](N)C(=O)N[C@@H](CS)C(=O)N[C@@H](Cc1ccccc1)C(=O)N[C@@H](C)C(N)=O. The fourth-order valence-corrected chi connectivity index (χ4v) is 2.74. The van der Waals surface area contributed by atoms with Crippen molar-refractivity contribution < 1.29 is 19.2 Å². The van der Waals surface area contributed by atoms with Crippen LogP contribution >= 0.6 is 12.6 Å². The summed E-state index contributed by atoms with van der Waals surface area (Å²) in [6.07, 6.45) is 0.183. The molecular weight excluding hydrogens is 406 g/mol. The second-order valence-corrected chi connectivity index (χ2v) is 7.76. The minimum absolute atomic E-state index is 0.0136. The lowest BCUT2D eigenvalue weighted by Crippen LogP contribution is -2.58. The first-order chi connectivity index (χ1) is 14.1. The Bertz CT molecular complexity index is 744. The number of nitrogens with two attached hydrogens (primary N) is 2. The van der Waals surface area contributed by atoms with Crippen LogP contribution in [0.2, 0.25) is 0 Å². The molecule has 166 valence electrons. The lowest BCUT2D eigenvalue weighted by Gasteiger charge is -2.24. The maximum absolute atomic E-state index is 12.7. The van der Waals surface area contributed by atoms with Gasteiger partial charge in [-0.1, -0.05) is 44.2 Å². The van der Waals surface area contributed by atoms with E-state index in [1.54, 1.807) is 13.8 Å². The van der Waals surface area contributed by atoms with E-state index in [9.17, 15) is 19.2 Å². The summed E-state index contributed by atoms with van der Waals surface area (Å²) in [6, 6.07) is 5.41. The van der Waals surface area contributed by atoms with Gasteiger partial charge in [0.05, 0.1) is 6.04 Å². The highest BCUT2D eigenvalue weighted by Gasteiger charge is 2.29. The van der Waals surface area contributed by atoms with Crippen LogP contribution in [0.1, 0.15) is 26.3 Å². The van der Waals surface area contributed by atoms with Crippen LogP contribution in [0.4, 0.5) is 0 Å². The van der Waals surface area contributed by atoms with Crippen LogP contribution in [0.5, 0.6) is 0 Å². The van der Waals surface area contributed by atoms with E-state index in [0.717, 1.165) is 5.56 Å². The Balaban J connectivity index is 2.94. The van der Waals surface area contributed by atoms with Gasteiger partial charge in [-0.25, -0.2) is 0 Å². The number of rotatable bonds is 11. The zero-order valence-electron chi connectivity index (χ0n) is 17.4. The van der Waals surface area contributed by atoms with Gasteiger partial charge in [-0.15, -0.1) is 0 Å². The predicted molar refractivity (Wildman–Crippen MR) is 117 cm³/mol. The molecule has 1 aromatic carbocycles. The highest BCUT2D eigenvalue weighted by Crippen LogP contribution is 2.05. The fourth-order valence-electron chi connectivity index (χ4n) is 2.48. The number of thiol groups is 1. The molecule has 0 aliphatic rings. The molecule has 0 aliphatic heterocycles. The summed E-state index contributed by atoms with van der Waals surface area (Å²) in [5.41, 5.74) is 11.8. The Morgan fingerprint density at radius 1 is 0.900 bits per heavy atom. The van der Waals surface area contributed by atoms with Crippen molar-refractivity contribution in [3.05, 3.63) is 35.9 Å². The van der Waals surface area contributed by atoms with E-state index in [0.29, 0.717) is 0 Å². The topological polar surface area (TPSA) is 156 Å². The van der Waals surface area contributed by atoms with Crippen molar-refractivity contribution >= 4 is 36.3 Å². The van der Waals surface area contributed by atoms with E-state index in [2.05, 4.69) is 28.6 Å². The molecular formula is C20H31N5O4S. The molecule has 7 N–H and O–H groups in total. The van der Waals surface area contributed by atoms with Gasteiger partial charge in [0, 0.05) is 12.2 Å². The van der Waals surface area contributed by atoms with Crippen molar-refractivity contribution in [2.24, 2.45) is 17.4 Å². The summed E-state index contributed by atoms with van der Waals surface area (Å²) in [4.78, 5) is 48.9. The van der Waals surface area contributed by atoms with Crippen molar-refractivity contribution in [1.82, 2.24) is 16.0 Å². The van der Waals surface area contributed by atoms with Gasteiger partial charge in [-0.05, 0) is 18.4 Å². The number of hydrogen-bond acceptors (Lipinski definition) is 6. The normalized spacial score (nSPS) is 14.9. The largest absolute Gasteiger partial charge is 0.368 e. The Kier molecular flexibility index (Phi) is 10.3. The third-order valence-electron chi connectivity index (χ3n) is 4.54. The molecule has 9 nitrogen and oxygen atoms in total. The molecule has 0 bridgehead atoms. The van der Waals surface area contributed by atoms with Crippen molar-refractivity contribution in [3.63, 3.8) is 0 Å². The third kappa shape index (κ3) is 8.03. The Morgan fingerprint density at radius 2 is 1.43 bits per heavy atom. The third-order valence-corrected chi connectivity index (χ3v) is 4.90. The summed E-state index contributed by atoms with van der Waals surface area (Å²) in [5, 5.41) is 7.66. The Labute approximate surface area is 182 Å². The van der Waals surface area contributed by atoms with Crippen LogP contribution in [0.15, 0.2) is 30.3 Å². The maximum atomic E-state index is 12.7. The molecule has 4 atom stereocenters. The summed E-state index contributed by atoms with van der Waals surface area (Å²) in [6.45, 7) is 5.03. The van der Waals surface area contributed by atoms with E-state index < -0.39 is 47.8 Å². The molecule has 0 radical (unpaired) electrons. The predicted octanol–water partition coefficient (Wildman–Crippen LogP) is -0.898. The van der Waals surface area contributed by atoms with Gasteiger partial charge < -0.3 is 27.4 Å². The quantitative estimate of drug-likeness (QED) is 0.247. The molecule has 0 heterocycles. The van der Waals surface area contributed by atoms with Gasteiger partial charge in [-0.3, -0.25) is 19.2 Å². The van der Waals surface area contributed by atoms with Crippen molar-refractivity contribution in [2.45, 2.75) is 51.4 Å². The number of benzene rings is 1. The Morgan fingerprint density at radius 3 is 1.93 bits per heavy atom. The smallest absolute Gasteiger partial charge is 0.244 e. The van der Waals surface area contributed by atoms with E-state index in [1.807, 2.05) is 30.3 Å². The molecule has 1 rings (SSSR count). The molecule has 4 amide bonds. The maximum Gasteiger partial charge on any atom is 0.244 e. The van der Waals surface area contributed by atoms with Crippen LogP contribution < -0.4 is 27.4 Å². The van der Waals surface area contributed by atoms with Gasteiger partial charge >= 0.3 is 0 Å². The van der Waals surface area contributed by atoms with Crippen LogP contribution in [0.3, 0.4) is 0 Å². The van der Waals surface area contributed by atoms with Gasteiger partial charge in [0.1, 0.15) is 18.1 Å². The molecule has 1 aromatic rings. The average Bonchev–Trinajstić information content (AvgIpc) is 2.70. The van der Waals surface area contributed by atoms with E-state index in [4.69, 9.17) is 11.5 Å². The minimum Gasteiger partial charge on any atom is -0.368 e. The van der Waals surface area contributed by atoms with Crippen LogP contribution in [0, 0.1) is 5.92 Å². The number of primary amides is 1. The van der Waals surface area contributed by atoms with Crippen LogP contribution in [-0.2, 0) is 25.6 Å². The highest BCUT2D eigenvalue weighted by molar-refractivity contribution is 7.80. The summed E-state index contributed by atoms with van der Waals surface area (Å²) >= 11 is 4.13. The lowest BCUT2D eigenvalue weighted by molar-refractivity contribution is -0.133. The number of carbonyl (C=O) groups is 4. The fraction of sp³-hybridized carbons (Fsp3) is 0.500. The highest BCUT2D eigenvalue weighted by atomic mass is 32.1. The molecule has 0 aromatic heterocycles. The molecule has 30 heavy (non-hydrogen) atoms. The molecule has 0 unspecified atom stereocenters. The minimum atomic E-state index is -0.986. The van der Waals surface area contributed by atoms with Crippen molar-refractivity contribution in [2.75, 3.05) is 5.75 Å². The summed E-state index contributed by atoms with van der Waals surface area (Å²) in [7, 11) is 0. The molecule has 0 spiro atoms. The second kappa shape index (κ2) is 12.2. The number of carbonyl (C=O) groups excluding carboxylic acids is 4. The van der Waals surface area contributed by atoms with Crippen LogP contribution in [0.25, 0.3) is 0 Å². The lowest BCUT2D eigenvalue weighted by atomic mass is 10.0. The standard InChI is InChI=1S/C20H31N5O4S/c1-11(2)16(21)20(29)25-15(10-30)19(28)24-14(9-13-7-5-4-6-8-13)18(27)23-12(3)17(22)26/h4-8,11-12,14-16,30H,9-10,21H2,1-3H3,(H2,22,26)(H,23,27)(H,24,28)(H,25,29)/t12-,14-,15-,16-/m0/s1. The molecule has 0 saturated carbocycles. The second-order valence-electron chi connectivity index (χ2n) is 7.40. The number of nitrogens with one attached hydrogen (secondary N) is 3. The molecule has 0 saturated heterocycles. The van der Waals surface area contributed by atoms with Crippen LogP contribution in [-0.4, -0.2) is 53.5 Å². The number of amides is 4. The van der Waals surface area contributed by atoms with Crippen molar-refractivity contribution in [3.8, 4) is 0 Å². The molecule has 0 fully saturated rings. The Hall–Kier alpha value is -2.59. The monoisotopic (exact) mass is 437 g/mol. The first kappa shape index (κ1) is 25.4. The van der Waals surface area contributed by atoms with Crippen molar-refractivity contribution in [1.29, 1.82) is 0 Å². The van der Waals surface area contributed by atoms with Gasteiger partial charge in [-0.2, -0.15) is 12.6 Å². The van der Waals surface area contributed by atoms with E-state index in [1.165, 1.54) is 6.92 Å². The molecule has 0 aliphatic carbocycles. The van der Waals surface area contributed by atoms with Gasteiger partial charge in [0.25, 0.3) is 0 Å². The average molecular weight is 438 g/mol. The van der Waals surface area contributed by atoms with Gasteiger partial charge in [0.2, 0.25) is 23.6 Å². The van der Waals surface area contributed by atoms with Gasteiger partial charge in [0.15, 0.2) is 0 Å².